The van der Waals surface area contributed by atoms with Gasteiger partial charge in [-0.3, -0.25) is 10.1 Å². The molecule has 0 saturated carbocycles. The average Bonchev–Trinajstić information content (AvgIpc) is 2.85. The van der Waals surface area contributed by atoms with E-state index in [1.54, 1.807) is 31.2 Å². The lowest BCUT2D eigenvalue weighted by molar-refractivity contribution is -0.385. The van der Waals surface area contributed by atoms with Crippen LogP contribution in [0.4, 0.5) is 5.69 Å². The van der Waals surface area contributed by atoms with Crippen LogP contribution in [0.25, 0.3) is 5.69 Å². The van der Waals surface area contributed by atoms with Crippen LogP contribution in [0.1, 0.15) is 17.4 Å². The number of benzene rings is 1. The largest absolute Gasteiger partial charge is 0.461 e. The molecule has 0 aliphatic carbocycles. The van der Waals surface area contributed by atoms with Crippen LogP contribution >= 0.6 is 0 Å². The topological polar surface area (TPSA) is 74.4 Å². The second-order valence-corrected chi connectivity index (χ2v) is 3.73. The number of hydrogen-bond donors (Lipinski definition) is 0. The summed E-state index contributed by atoms with van der Waals surface area (Å²) >= 11 is 0. The zero-order valence-corrected chi connectivity index (χ0v) is 10.3. The predicted molar refractivity (Wildman–Crippen MR) is 68.4 cm³/mol. The summed E-state index contributed by atoms with van der Waals surface area (Å²) in [6.07, 6.45) is 1.49. The number of esters is 1. The van der Waals surface area contributed by atoms with Gasteiger partial charge >= 0.3 is 11.7 Å². The molecular weight excluding hydrogens is 248 g/mol. The summed E-state index contributed by atoms with van der Waals surface area (Å²) in [4.78, 5) is 22.2. The van der Waals surface area contributed by atoms with E-state index in [4.69, 9.17) is 4.74 Å². The van der Waals surface area contributed by atoms with Gasteiger partial charge in [0.05, 0.1) is 11.5 Å². The molecule has 0 aliphatic rings. The van der Waals surface area contributed by atoms with Gasteiger partial charge in [-0.15, -0.1) is 0 Å². The third-order valence-electron chi connectivity index (χ3n) is 2.56. The molecular formula is C13H12N2O4. The number of nitrogens with zero attached hydrogens (tertiary/aromatic N) is 2. The van der Waals surface area contributed by atoms with Crippen molar-refractivity contribution in [2.45, 2.75) is 6.92 Å². The van der Waals surface area contributed by atoms with Crippen LogP contribution in [0.3, 0.4) is 0 Å². The Kier molecular flexibility index (Phi) is 3.61. The predicted octanol–water partition coefficient (Wildman–Crippen LogP) is 2.56. The van der Waals surface area contributed by atoms with E-state index in [9.17, 15) is 14.9 Å². The monoisotopic (exact) mass is 260 g/mol. The minimum atomic E-state index is -0.706. The molecule has 0 fully saturated rings. The normalized spacial score (nSPS) is 10.2. The Balaban J connectivity index is 2.56. The van der Waals surface area contributed by atoms with E-state index < -0.39 is 10.9 Å². The Morgan fingerprint density at radius 1 is 1.32 bits per heavy atom. The van der Waals surface area contributed by atoms with Crippen LogP contribution < -0.4 is 0 Å². The van der Waals surface area contributed by atoms with Gasteiger partial charge in [-0.2, -0.15) is 0 Å². The quantitative estimate of drug-likeness (QED) is 0.481. The van der Waals surface area contributed by atoms with Crippen molar-refractivity contribution >= 4 is 11.7 Å². The first-order valence-corrected chi connectivity index (χ1v) is 5.73. The first-order valence-electron chi connectivity index (χ1n) is 5.73. The van der Waals surface area contributed by atoms with Gasteiger partial charge in [-0.1, -0.05) is 18.2 Å². The zero-order chi connectivity index (χ0) is 13.8. The van der Waals surface area contributed by atoms with Crippen LogP contribution in [-0.4, -0.2) is 22.1 Å². The molecule has 0 saturated heterocycles. The van der Waals surface area contributed by atoms with Crippen molar-refractivity contribution in [3.63, 3.8) is 0 Å². The van der Waals surface area contributed by atoms with Gasteiger partial charge in [0.25, 0.3) is 0 Å². The van der Waals surface area contributed by atoms with Gasteiger partial charge < -0.3 is 9.30 Å². The molecule has 0 unspecified atom stereocenters. The van der Waals surface area contributed by atoms with Crippen LogP contribution in [0.2, 0.25) is 0 Å². The highest BCUT2D eigenvalue weighted by atomic mass is 16.6. The molecule has 6 nitrogen and oxygen atoms in total. The van der Waals surface area contributed by atoms with E-state index in [2.05, 4.69) is 0 Å². The summed E-state index contributed by atoms with van der Waals surface area (Å²) < 4.78 is 6.33. The number of carbonyl (C=O) groups excluding carboxylic acids is 1. The van der Waals surface area contributed by atoms with E-state index in [0.29, 0.717) is 5.69 Å². The Morgan fingerprint density at radius 2 is 2.00 bits per heavy atom. The van der Waals surface area contributed by atoms with E-state index in [1.165, 1.54) is 16.8 Å². The fourth-order valence-electron chi connectivity index (χ4n) is 1.78. The average molecular weight is 260 g/mol. The van der Waals surface area contributed by atoms with Crippen molar-refractivity contribution in [1.82, 2.24) is 4.57 Å². The van der Waals surface area contributed by atoms with Crippen LogP contribution in [0.5, 0.6) is 0 Å². The third-order valence-corrected chi connectivity index (χ3v) is 2.56. The molecule has 0 atom stereocenters. The molecule has 0 aliphatic heterocycles. The number of para-hydroxylation sites is 1. The van der Waals surface area contributed by atoms with Crippen LogP contribution in [-0.2, 0) is 4.74 Å². The number of carbonyl (C=O) groups is 1. The van der Waals surface area contributed by atoms with Crippen molar-refractivity contribution in [3.8, 4) is 5.69 Å². The minimum Gasteiger partial charge on any atom is -0.461 e. The molecule has 0 N–H and O–H groups in total. The first-order chi connectivity index (χ1) is 9.15. The molecule has 19 heavy (non-hydrogen) atoms. The minimum absolute atomic E-state index is 0.0712. The Bertz CT molecular complexity index is 604. The molecule has 0 spiro atoms. The molecule has 6 heteroatoms. The Morgan fingerprint density at radius 3 is 2.58 bits per heavy atom. The maximum atomic E-state index is 11.9. The lowest BCUT2D eigenvalue weighted by Crippen LogP contribution is -2.12. The number of rotatable bonds is 4. The van der Waals surface area contributed by atoms with Gasteiger partial charge in [0.2, 0.25) is 5.69 Å². The highest BCUT2D eigenvalue weighted by Crippen LogP contribution is 2.24. The fourth-order valence-corrected chi connectivity index (χ4v) is 1.78. The lowest BCUT2D eigenvalue weighted by Gasteiger charge is -2.07. The number of ether oxygens (including phenoxy) is 1. The smallest absolute Gasteiger partial charge is 0.362 e. The maximum absolute atomic E-state index is 11.9. The molecule has 0 radical (unpaired) electrons. The summed E-state index contributed by atoms with van der Waals surface area (Å²) in [5.74, 6) is -0.706. The molecule has 2 rings (SSSR count). The van der Waals surface area contributed by atoms with E-state index in [-0.39, 0.29) is 18.0 Å². The van der Waals surface area contributed by atoms with Crippen molar-refractivity contribution < 1.29 is 14.5 Å². The van der Waals surface area contributed by atoms with Gasteiger partial charge in [0.1, 0.15) is 0 Å². The summed E-state index contributed by atoms with van der Waals surface area (Å²) in [7, 11) is 0. The number of nitro groups is 1. The van der Waals surface area contributed by atoms with Crippen molar-refractivity contribution in [1.29, 1.82) is 0 Å². The summed E-state index contributed by atoms with van der Waals surface area (Å²) in [5.41, 5.74) is 0.332. The second-order valence-electron chi connectivity index (χ2n) is 3.73. The Hall–Kier alpha value is -2.63. The lowest BCUT2D eigenvalue weighted by atomic mass is 10.3. The van der Waals surface area contributed by atoms with Crippen molar-refractivity contribution in [2.75, 3.05) is 6.61 Å². The molecule has 2 aromatic rings. The highest BCUT2D eigenvalue weighted by molar-refractivity contribution is 5.93. The van der Waals surface area contributed by atoms with Gasteiger partial charge in [-0.05, 0) is 19.1 Å². The van der Waals surface area contributed by atoms with Gasteiger partial charge in [-0.25, -0.2) is 4.79 Å². The molecule has 98 valence electrons. The highest BCUT2D eigenvalue weighted by Gasteiger charge is 2.27. The third kappa shape index (κ3) is 2.47. The molecule has 1 aromatic heterocycles. The van der Waals surface area contributed by atoms with E-state index >= 15 is 0 Å². The Labute approximate surface area is 109 Å². The van der Waals surface area contributed by atoms with E-state index in [1.807, 2.05) is 6.07 Å². The van der Waals surface area contributed by atoms with Gasteiger partial charge in [0.15, 0.2) is 0 Å². The summed E-state index contributed by atoms with van der Waals surface area (Å²) in [5, 5.41) is 11.0. The SMILES string of the molecule is CCOC(=O)c1c([N+](=O)[O-])ccn1-c1ccccc1. The van der Waals surface area contributed by atoms with Gasteiger partial charge in [0, 0.05) is 18.0 Å². The first kappa shape index (κ1) is 12.8. The molecule has 0 bridgehead atoms. The van der Waals surface area contributed by atoms with Crippen LogP contribution in [0.15, 0.2) is 42.6 Å². The second kappa shape index (κ2) is 5.34. The van der Waals surface area contributed by atoms with E-state index in [0.717, 1.165) is 0 Å². The molecule has 1 heterocycles. The van der Waals surface area contributed by atoms with Crippen molar-refractivity contribution in [3.05, 3.63) is 58.4 Å². The summed E-state index contributed by atoms with van der Waals surface area (Å²) in [6.45, 7) is 1.81. The number of aromatic nitrogens is 1. The molecule has 0 amide bonds. The summed E-state index contributed by atoms with van der Waals surface area (Å²) in [6, 6.07) is 10.2. The zero-order valence-electron chi connectivity index (χ0n) is 10.3. The standard InChI is InChI=1S/C13H12N2O4/c1-2-19-13(16)12-11(15(17)18)8-9-14(12)10-6-4-3-5-7-10/h3-9H,2H2,1H3. The van der Waals surface area contributed by atoms with Crippen molar-refractivity contribution in [2.24, 2.45) is 0 Å². The maximum Gasteiger partial charge on any atom is 0.362 e. The molecule has 1 aromatic carbocycles. The number of hydrogen-bond acceptors (Lipinski definition) is 4. The fraction of sp³-hybridized carbons (Fsp3) is 0.154. The van der Waals surface area contributed by atoms with Crippen LogP contribution in [0, 0.1) is 10.1 Å².